The lowest BCUT2D eigenvalue weighted by molar-refractivity contribution is 0.977. The lowest BCUT2D eigenvalue weighted by Gasteiger charge is -2.26. The molecule has 9 aromatic rings. The highest BCUT2D eigenvalue weighted by Crippen LogP contribution is 2.49. The van der Waals surface area contributed by atoms with E-state index in [9.17, 15) is 0 Å². The molecule has 0 saturated heterocycles. The van der Waals surface area contributed by atoms with Crippen molar-refractivity contribution in [1.29, 1.82) is 0 Å². The number of nitrogens with zero attached hydrogens (tertiary/aromatic N) is 6. The summed E-state index contributed by atoms with van der Waals surface area (Å²) in [7, 11) is 0. The Morgan fingerprint density at radius 3 is 2.00 bits per heavy atom. The minimum absolute atomic E-state index is 0.618. The molecule has 7 aromatic carbocycles. The SMILES string of the molecule is C1=CCCC(c2nc(-c3ccccc3)nc(-c3cc(-c4cccc5ccccc45)cc(N4c5ccccc5-c5ccccc5-n5c4nc4ccccc45)c3)n2)=C1. The third-order valence-corrected chi connectivity index (χ3v) is 10.8. The van der Waals surface area contributed by atoms with Crippen LogP contribution in [-0.2, 0) is 0 Å². The molecule has 6 heteroatoms. The van der Waals surface area contributed by atoms with Gasteiger partial charge in [0.25, 0.3) is 0 Å². The Balaban J connectivity index is 1.22. The average molecular weight is 719 g/mol. The third-order valence-electron chi connectivity index (χ3n) is 10.8. The van der Waals surface area contributed by atoms with Gasteiger partial charge in [0.15, 0.2) is 17.5 Å². The van der Waals surface area contributed by atoms with Crippen LogP contribution in [0.2, 0.25) is 0 Å². The molecule has 3 heterocycles. The van der Waals surface area contributed by atoms with Gasteiger partial charge in [0.05, 0.1) is 28.1 Å². The van der Waals surface area contributed by atoms with Gasteiger partial charge in [-0.25, -0.2) is 19.9 Å². The summed E-state index contributed by atoms with van der Waals surface area (Å²) >= 11 is 0. The molecule has 0 amide bonds. The summed E-state index contributed by atoms with van der Waals surface area (Å²) in [5.74, 6) is 2.78. The molecule has 2 aromatic heterocycles. The molecule has 0 bridgehead atoms. The highest BCUT2D eigenvalue weighted by molar-refractivity contribution is 6.00. The zero-order valence-electron chi connectivity index (χ0n) is 30.4. The predicted molar refractivity (Wildman–Crippen MR) is 228 cm³/mol. The fourth-order valence-corrected chi connectivity index (χ4v) is 8.21. The Morgan fingerprint density at radius 1 is 0.482 bits per heavy atom. The number of rotatable bonds is 5. The van der Waals surface area contributed by atoms with Gasteiger partial charge in [0.1, 0.15) is 0 Å². The van der Waals surface area contributed by atoms with E-state index in [-0.39, 0.29) is 0 Å². The van der Waals surface area contributed by atoms with Crippen molar-refractivity contribution in [2.24, 2.45) is 0 Å². The molecule has 0 radical (unpaired) electrons. The molecule has 0 saturated carbocycles. The maximum absolute atomic E-state index is 5.39. The monoisotopic (exact) mass is 718 g/mol. The van der Waals surface area contributed by atoms with Gasteiger partial charge in [0, 0.05) is 22.3 Å². The van der Waals surface area contributed by atoms with E-state index in [0.717, 1.165) is 85.8 Å². The van der Waals surface area contributed by atoms with Crippen molar-refractivity contribution in [2.45, 2.75) is 12.8 Å². The minimum atomic E-state index is 0.618. The van der Waals surface area contributed by atoms with Crippen molar-refractivity contribution in [3.63, 3.8) is 0 Å². The lowest BCUT2D eigenvalue weighted by atomic mass is 9.95. The number of anilines is 3. The first-order chi connectivity index (χ1) is 27.8. The molecule has 56 heavy (non-hydrogen) atoms. The van der Waals surface area contributed by atoms with E-state index >= 15 is 0 Å². The fourth-order valence-electron chi connectivity index (χ4n) is 8.21. The third kappa shape index (κ3) is 5.34. The molecule has 0 N–H and O–H groups in total. The summed E-state index contributed by atoms with van der Waals surface area (Å²) in [4.78, 5) is 23.2. The van der Waals surface area contributed by atoms with Gasteiger partial charge in [-0.2, -0.15) is 0 Å². The molecular formula is C50H34N6. The Kier molecular flexibility index (Phi) is 7.52. The van der Waals surface area contributed by atoms with E-state index in [1.54, 1.807) is 0 Å². The molecule has 1 aliphatic carbocycles. The number of imidazole rings is 1. The van der Waals surface area contributed by atoms with Crippen LogP contribution < -0.4 is 4.90 Å². The van der Waals surface area contributed by atoms with Gasteiger partial charge in [0.2, 0.25) is 5.95 Å². The molecule has 264 valence electrons. The van der Waals surface area contributed by atoms with Crippen molar-refractivity contribution < 1.29 is 0 Å². The minimum Gasteiger partial charge on any atom is -0.280 e. The van der Waals surface area contributed by atoms with Crippen LogP contribution in [0.3, 0.4) is 0 Å². The standard InChI is InChI=1S/C50H34N6/c1-3-17-34(18-4-1)47-52-48(35-19-5-2-6-20-35)54-49(53-47)37-30-36(40-25-15-21-33-16-7-8-22-39(33)40)31-38(32-37)55-44-27-12-9-23-41(44)42-24-10-13-28-45(42)56-46-29-14-11-26-43(46)51-50(55)56/h1-5,7-19,21-32H,6,20H2. The van der Waals surface area contributed by atoms with Gasteiger partial charge >= 0.3 is 0 Å². The zero-order chi connectivity index (χ0) is 37.0. The zero-order valence-corrected chi connectivity index (χ0v) is 30.4. The predicted octanol–water partition coefficient (Wildman–Crippen LogP) is 12.5. The van der Waals surface area contributed by atoms with Gasteiger partial charge in [-0.1, -0.05) is 140 Å². The largest absolute Gasteiger partial charge is 0.280 e. The summed E-state index contributed by atoms with van der Waals surface area (Å²) in [6.45, 7) is 0. The first-order valence-corrected chi connectivity index (χ1v) is 19.0. The number of aromatic nitrogens is 5. The summed E-state index contributed by atoms with van der Waals surface area (Å²) < 4.78 is 2.30. The van der Waals surface area contributed by atoms with Gasteiger partial charge < -0.3 is 0 Å². The van der Waals surface area contributed by atoms with Crippen molar-refractivity contribution in [2.75, 3.05) is 4.90 Å². The number of para-hydroxylation sites is 4. The summed E-state index contributed by atoms with van der Waals surface area (Å²) in [5.41, 5.74) is 12.4. The van der Waals surface area contributed by atoms with E-state index in [1.165, 1.54) is 10.8 Å². The van der Waals surface area contributed by atoms with Gasteiger partial charge in [-0.3, -0.25) is 9.47 Å². The number of hydrogen-bond acceptors (Lipinski definition) is 5. The molecule has 0 unspecified atom stereocenters. The topological polar surface area (TPSA) is 59.7 Å². The highest BCUT2D eigenvalue weighted by Gasteiger charge is 2.30. The number of allylic oxidation sites excluding steroid dienone is 4. The maximum Gasteiger partial charge on any atom is 0.220 e. The van der Waals surface area contributed by atoms with Crippen molar-refractivity contribution in [1.82, 2.24) is 24.5 Å². The first-order valence-electron chi connectivity index (χ1n) is 19.0. The molecule has 0 spiro atoms. The van der Waals surface area contributed by atoms with Crippen LogP contribution in [-0.4, -0.2) is 24.5 Å². The van der Waals surface area contributed by atoms with Crippen molar-refractivity contribution >= 4 is 44.7 Å². The number of benzene rings is 7. The Hall–Kier alpha value is -7.44. The van der Waals surface area contributed by atoms with Crippen molar-refractivity contribution in [3.05, 3.63) is 188 Å². The molecule has 6 nitrogen and oxygen atoms in total. The van der Waals surface area contributed by atoms with Gasteiger partial charge in [-0.15, -0.1) is 0 Å². The molecular weight excluding hydrogens is 685 g/mol. The second-order valence-electron chi connectivity index (χ2n) is 14.2. The highest BCUT2D eigenvalue weighted by atomic mass is 15.3. The molecule has 0 atom stereocenters. The quantitative estimate of drug-likeness (QED) is 0.177. The van der Waals surface area contributed by atoms with Crippen LogP contribution in [0.5, 0.6) is 0 Å². The van der Waals surface area contributed by atoms with Crippen LogP contribution in [0, 0.1) is 0 Å². The van der Waals surface area contributed by atoms with E-state index in [0.29, 0.717) is 17.5 Å². The smallest absolute Gasteiger partial charge is 0.220 e. The maximum atomic E-state index is 5.39. The second-order valence-corrected chi connectivity index (χ2v) is 14.2. The van der Waals surface area contributed by atoms with Crippen molar-refractivity contribution in [3.8, 4) is 50.7 Å². The molecule has 1 aliphatic heterocycles. The number of fused-ring (bicyclic) bond motifs is 8. The molecule has 11 rings (SSSR count). The first kappa shape index (κ1) is 32.0. The average Bonchev–Trinajstić information content (AvgIpc) is 3.60. The Bertz CT molecular complexity index is 3040. The van der Waals surface area contributed by atoms with Crippen LogP contribution in [0.25, 0.3) is 78.1 Å². The summed E-state index contributed by atoms with van der Waals surface area (Å²) in [6, 6.07) is 57.7. The van der Waals surface area contributed by atoms with Gasteiger partial charge in [-0.05, 0) is 82.8 Å². The van der Waals surface area contributed by atoms with E-state index < -0.39 is 0 Å². The van der Waals surface area contributed by atoms with E-state index in [1.807, 2.05) is 18.2 Å². The molecule has 0 fully saturated rings. The Labute approximate surface area is 324 Å². The normalized spacial score (nSPS) is 13.2. The van der Waals surface area contributed by atoms with E-state index in [2.05, 4.69) is 173 Å². The van der Waals surface area contributed by atoms with Crippen LogP contribution in [0.15, 0.2) is 182 Å². The van der Waals surface area contributed by atoms with Crippen LogP contribution >= 0.6 is 0 Å². The fraction of sp³-hybridized carbons (Fsp3) is 0.0400. The summed E-state index contributed by atoms with van der Waals surface area (Å²) in [5, 5.41) is 2.36. The Morgan fingerprint density at radius 2 is 1.14 bits per heavy atom. The van der Waals surface area contributed by atoms with Crippen LogP contribution in [0.1, 0.15) is 18.7 Å². The molecule has 2 aliphatic rings. The van der Waals surface area contributed by atoms with E-state index in [4.69, 9.17) is 19.9 Å². The second kappa shape index (κ2) is 13.1. The summed E-state index contributed by atoms with van der Waals surface area (Å²) in [6.07, 6.45) is 8.24. The number of hydrogen-bond donors (Lipinski definition) is 0. The van der Waals surface area contributed by atoms with Crippen LogP contribution in [0.4, 0.5) is 17.3 Å². The lowest BCUT2D eigenvalue weighted by Crippen LogP contribution is -2.14.